The van der Waals surface area contributed by atoms with Gasteiger partial charge in [0.05, 0.1) is 5.75 Å². The molecule has 0 unspecified atom stereocenters. The quantitative estimate of drug-likeness (QED) is 0.646. The Labute approximate surface area is 163 Å². The van der Waals surface area contributed by atoms with Crippen LogP contribution in [0.1, 0.15) is 31.2 Å². The number of likely N-dealkylation sites (tertiary alicyclic amines) is 1. The molecule has 1 aliphatic heterocycles. The molecule has 0 saturated carbocycles. The molecule has 27 heavy (non-hydrogen) atoms. The molecule has 1 aliphatic rings. The highest BCUT2D eigenvalue weighted by atomic mass is 32.2. The number of aromatic nitrogens is 4. The lowest BCUT2D eigenvalue weighted by Gasteiger charge is -2.19. The van der Waals surface area contributed by atoms with Gasteiger partial charge in [-0.05, 0) is 31.9 Å². The fraction of sp³-hybridized carbons (Fsp3) is 0.400. The van der Waals surface area contributed by atoms with E-state index in [2.05, 4.69) is 34.4 Å². The van der Waals surface area contributed by atoms with Crippen molar-refractivity contribution in [2.75, 3.05) is 18.8 Å². The van der Waals surface area contributed by atoms with Gasteiger partial charge in [-0.25, -0.2) is 0 Å². The zero-order valence-electron chi connectivity index (χ0n) is 15.5. The summed E-state index contributed by atoms with van der Waals surface area (Å²) in [6.45, 7) is 3.82. The van der Waals surface area contributed by atoms with Crippen LogP contribution in [0.3, 0.4) is 0 Å². The third-order valence-electron chi connectivity index (χ3n) is 4.85. The van der Waals surface area contributed by atoms with Crippen LogP contribution in [-0.2, 0) is 4.79 Å². The van der Waals surface area contributed by atoms with Gasteiger partial charge in [0.15, 0.2) is 11.5 Å². The smallest absolute Gasteiger partial charge is 0.232 e. The van der Waals surface area contributed by atoms with Gasteiger partial charge in [-0.2, -0.15) is 9.61 Å². The number of hydrogen-bond donors (Lipinski definition) is 0. The third kappa shape index (κ3) is 4.13. The van der Waals surface area contributed by atoms with Crippen LogP contribution in [0.5, 0.6) is 0 Å². The number of carbonyl (C=O) groups excluding carboxylic acids is 1. The van der Waals surface area contributed by atoms with Gasteiger partial charge in [0.1, 0.15) is 5.03 Å². The molecule has 6 nitrogen and oxygen atoms in total. The summed E-state index contributed by atoms with van der Waals surface area (Å²) in [6.07, 6.45) is 4.68. The molecule has 1 amide bonds. The predicted molar refractivity (Wildman–Crippen MR) is 107 cm³/mol. The van der Waals surface area contributed by atoms with Crippen LogP contribution < -0.4 is 0 Å². The summed E-state index contributed by atoms with van der Waals surface area (Å²) in [7, 11) is 0. The normalized spacial score (nSPS) is 15.1. The second-order valence-electron chi connectivity index (χ2n) is 6.91. The van der Waals surface area contributed by atoms with Crippen molar-refractivity contribution in [1.29, 1.82) is 0 Å². The fourth-order valence-electron chi connectivity index (χ4n) is 3.28. The van der Waals surface area contributed by atoms with Crippen LogP contribution in [0.4, 0.5) is 0 Å². The Morgan fingerprint density at radius 2 is 1.74 bits per heavy atom. The van der Waals surface area contributed by atoms with Gasteiger partial charge in [-0.1, -0.05) is 54.4 Å². The van der Waals surface area contributed by atoms with Crippen molar-refractivity contribution in [1.82, 2.24) is 24.7 Å². The summed E-state index contributed by atoms with van der Waals surface area (Å²) in [6, 6.07) is 12.0. The van der Waals surface area contributed by atoms with Crippen LogP contribution in [0.15, 0.2) is 41.4 Å². The van der Waals surface area contributed by atoms with Crippen LogP contribution in [0.2, 0.25) is 0 Å². The van der Waals surface area contributed by atoms with Gasteiger partial charge in [0.25, 0.3) is 0 Å². The van der Waals surface area contributed by atoms with Gasteiger partial charge in [-0.15, -0.1) is 10.2 Å². The van der Waals surface area contributed by atoms with Crippen molar-refractivity contribution in [3.05, 3.63) is 42.0 Å². The van der Waals surface area contributed by atoms with E-state index in [0.29, 0.717) is 17.2 Å². The number of carbonyl (C=O) groups is 1. The van der Waals surface area contributed by atoms with Gasteiger partial charge < -0.3 is 4.90 Å². The van der Waals surface area contributed by atoms with E-state index in [1.54, 1.807) is 4.52 Å². The van der Waals surface area contributed by atoms with Gasteiger partial charge in [0.2, 0.25) is 5.91 Å². The lowest BCUT2D eigenvalue weighted by atomic mass is 10.1. The average molecular weight is 382 g/mol. The van der Waals surface area contributed by atoms with Crippen LogP contribution in [0.25, 0.3) is 17.0 Å². The van der Waals surface area contributed by atoms with Crippen molar-refractivity contribution in [2.45, 2.75) is 37.6 Å². The summed E-state index contributed by atoms with van der Waals surface area (Å²) in [5.41, 5.74) is 2.88. The first kappa shape index (κ1) is 18.0. The maximum atomic E-state index is 12.5. The second-order valence-corrected chi connectivity index (χ2v) is 7.91. The number of fused-ring (bicyclic) bond motifs is 1. The summed E-state index contributed by atoms with van der Waals surface area (Å²) >= 11 is 1.47. The molecule has 0 atom stereocenters. The number of nitrogens with zero attached hydrogens (tertiary/aromatic N) is 5. The molecule has 0 bridgehead atoms. The molecule has 0 aliphatic carbocycles. The maximum absolute atomic E-state index is 12.5. The number of amides is 1. The zero-order valence-corrected chi connectivity index (χ0v) is 16.3. The van der Waals surface area contributed by atoms with Crippen molar-refractivity contribution >= 4 is 23.3 Å². The lowest BCUT2D eigenvalue weighted by molar-refractivity contribution is -0.128. The highest BCUT2D eigenvalue weighted by Crippen LogP contribution is 2.22. The standard InChI is InChI=1S/C20H23N5OS/c1-15-6-8-16(9-7-15)20-22-21-17-10-11-18(23-25(17)20)27-14-19(26)24-12-4-2-3-5-13-24/h6-11H,2-5,12-14H2,1H3. The van der Waals surface area contributed by atoms with E-state index in [1.165, 1.54) is 30.2 Å². The lowest BCUT2D eigenvalue weighted by Crippen LogP contribution is -2.33. The summed E-state index contributed by atoms with van der Waals surface area (Å²) < 4.78 is 1.75. The van der Waals surface area contributed by atoms with E-state index in [4.69, 9.17) is 0 Å². The Hall–Kier alpha value is -2.41. The molecule has 4 rings (SSSR count). The SMILES string of the molecule is Cc1ccc(-c2nnc3ccc(SCC(=O)N4CCCCCC4)nn23)cc1. The Morgan fingerprint density at radius 3 is 2.48 bits per heavy atom. The van der Waals surface area contributed by atoms with E-state index < -0.39 is 0 Å². The van der Waals surface area contributed by atoms with Gasteiger partial charge in [-0.3, -0.25) is 4.79 Å². The van der Waals surface area contributed by atoms with Crippen molar-refractivity contribution in [3.63, 3.8) is 0 Å². The van der Waals surface area contributed by atoms with E-state index >= 15 is 0 Å². The summed E-state index contributed by atoms with van der Waals surface area (Å²) in [5.74, 6) is 1.33. The Morgan fingerprint density at radius 1 is 1.00 bits per heavy atom. The number of rotatable bonds is 4. The summed E-state index contributed by atoms with van der Waals surface area (Å²) in [5, 5.41) is 13.9. The monoisotopic (exact) mass is 381 g/mol. The highest BCUT2D eigenvalue weighted by molar-refractivity contribution is 7.99. The zero-order chi connectivity index (χ0) is 18.6. The molecular formula is C20H23N5OS. The van der Waals surface area contributed by atoms with Crippen molar-refractivity contribution < 1.29 is 4.79 Å². The molecule has 0 N–H and O–H groups in total. The molecule has 0 spiro atoms. The molecule has 3 heterocycles. The largest absolute Gasteiger partial charge is 0.342 e. The first-order valence-electron chi connectivity index (χ1n) is 9.41. The third-order valence-corrected chi connectivity index (χ3v) is 5.76. The minimum Gasteiger partial charge on any atom is -0.342 e. The minimum absolute atomic E-state index is 0.200. The van der Waals surface area contributed by atoms with E-state index in [0.717, 1.165) is 36.5 Å². The maximum Gasteiger partial charge on any atom is 0.232 e. The van der Waals surface area contributed by atoms with Gasteiger partial charge >= 0.3 is 0 Å². The number of hydrogen-bond acceptors (Lipinski definition) is 5. The first-order valence-corrected chi connectivity index (χ1v) is 10.4. The molecule has 7 heteroatoms. The highest BCUT2D eigenvalue weighted by Gasteiger charge is 2.16. The molecule has 1 saturated heterocycles. The van der Waals surface area contributed by atoms with E-state index in [1.807, 2.05) is 29.2 Å². The van der Waals surface area contributed by atoms with Crippen molar-refractivity contribution in [3.8, 4) is 11.4 Å². The van der Waals surface area contributed by atoms with E-state index in [9.17, 15) is 4.79 Å². The Kier molecular flexibility index (Phi) is 5.38. The van der Waals surface area contributed by atoms with Crippen LogP contribution >= 0.6 is 11.8 Å². The van der Waals surface area contributed by atoms with Crippen molar-refractivity contribution in [2.24, 2.45) is 0 Å². The number of thioether (sulfide) groups is 1. The molecule has 140 valence electrons. The van der Waals surface area contributed by atoms with Crippen LogP contribution in [-0.4, -0.2) is 49.5 Å². The average Bonchev–Trinajstić information content (AvgIpc) is 2.91. The Balaban J connectivity index is 1.50. The Bertz CT molecular complexity index is 929. The topological polar surface area (TPSA) is 63.4 Å². The second kappa shape index (κ2) is 8.08. The first-order chi connectivity index (χ1) is 13.2. The minimum atomic E-state index is 0.200. The molecule has 1 fully saturated rings. The molecule has 1 aromatic carbocycles. The number of benzene rings is 1. The summed E-state index contributed by atoms with van der Waals surface area (Å²) in [4.78, 5) is 14.5. The molecule has 2 aromatic heterocycles. The molecule has 0 radical (unpaired) electrons. The predicted octanol–water partition coefficient (Wildman–Crippen LogP) is 3.59. The van der Waals surface area contributed by atoms with Gasteiger partial charge in [0, 0.05) is 18.7 Å². The molecular weight excluding hydrogens is 358 g/mol. The number of aryl methyl sites for hydroxylation is 1. The van der Waals surface area contributed by atoms with Crippen LogP contribution in [0, 0.1) is 6.92 Å². The molecule has 3 aromatic rings. The van der Waals surface area contributed by atoms with E-state index in [-0.39, 0.29) is 5.91 Å². The fourth-order valence-corrected chi connectivity index (χ4v) is 4.04.